The third kappa shape index (κ3) is 4.43. The van der Waals surface area contributed by atoms with Crippen molar-refractivity contribution in [3.05, 3.63) is 65.7 Å². The topological polar surface area (TPSA) is 33.6 Å². The molecule has 0 aromatic heterocycles. The van der Waals surface area contributed by atoms with E-state index in [1.54, 1.807) is 0 Å². The third-order valence-corrected chi connectivity index (χ3v) is 2.96. The molecule has 0 amide bonds. The molecule has 0 heterocycles. The van der Waals surface area contributed by atoms with E-state index in [1.807, 2.05) is 37.3 Å². The Morgan fingerprint density at radius 3 is 2.35 bits per heavy atom. The average molecular weight is 268 g/mol. The van der Waals surface area contributed by atoms with Crippen molar-refractivity contribution in [3.63, 3.8) is 0 Å². The number of nitrogens with one attached hydrogen (secondary N) is 1. The number of ether oxygens (including phenoxy) is 1. The number of rotatable bonds is 5. The van der Waals surface area contributed by atoms with Gasteiger partial charge in [0.15, 0.2) is 0 Å². The standard InChI is InChI=1S/C17H20N2O/c1-3-15-9-11-17(12-10-15)20-14(2)19-18-13-16-7-5-4-6-8-16/h4-12,18H,3,13H2,1-2H3. The first-order chi connectivity index (χ1) is 9.78. The monoisotopic (exact) mass is 268 g/mol. The van der Waals surface area contributed by atoms with Gasteiger partial charge in [0.2, 0.25) is 5.90 Å². The quantitative estimate of drug-likeness (QED) is 0.509. The van der Waals surface area contributed by atoms with E-state index in [2.05, 4.69) is 41.7 Å². The van der Waals surface area contributed by atoms with Gasteiger partial charge in [0.25, 0.3) is 0 Å². The minimum Gasteiger partial charge on any atom is -0.442 e. The molecule has 1 N–H and O–H groups in total. The lowest BCUT2D eigenvalue weighted by Gasteiger charge is -2.06. The maximum Gasteiger partial charge on any atom is 0.208 e. The molecule has 0 unspecified atom stereocenters. The second-order valence-electron chi connectivity index (χ2n) is 4.55. The van der Waals surface area contributed by atoms with E-state index in [0.717, 1.165) is 12.2 Å². The molecule has 2 rings (SSSR count). The summed E-state index contributed by atoms with van der Waals surface area (Å²) in [5.41, 5.74) is 5.50. The van der Waals surface area contributed by atoms with Crippen molar-refractivity contribution >= 4 is 5.90 Å². The SMILES string of the molecule is CCc1ccc(OC(C)=NNCc2ccccc2)cc1. The van der Waals surface area contributed by atoms with Gasteiger partial charge in [-0.05, 0) is 29.7 Å². The highest BCUT2D eigenvalue weighted by Gasteiger charge is 1.97. The molecule has 20 heavy (non-hydrogen) atoms. The van der Waals surface area contributed by atoms with Crippen molar-refractivity contribution in [1.82, 2.24) is 5.43 Å². The van der Waals surface area contributed by atoms with Crippen molar-refractivity contribution in [2.45, 2.75) is 26.8 Å². The van der Waals surface area contributed by atoms with Crippen LogP contribution in [0.25, 0.3) is 0 Å². The molecular formula is C17H20N2O. The molecule has 0 fully saturated rings. The van der Waals surface area contributed by atoms with Crippen LogP contribution in [0.15, 0.2) is 59.7 Å². The molecule has 0 aliphatic rings. The highest BCUT2D eigenvalue weighted by Crippen LogP contribution is 2.12. The van der Waals surface area contributed by atoms with Crippen molar-refractivity contribution in [1.29, 1.82) is 0 Å². The van der Waals surface area contributed by atoms with Crippen LogP contribution >= 0.6 is 0 Å². The Balaban J connectivity index is 1.84. The lowest BCUT2D eigenvalue weighted by atomic mass is 10.2. The molecule has 0 bridgehead atoms. The summed E-state index contributed by atoms with van der Waals surface area (Å²) >= 11 is 0. The Morgan fingerprint density at radius 1 is 1.00 bits per heavy atom. The van der Waals surface area contributed by atoms with Crippen LogP contribution in [0.3, 0.4) is 0 Å². The van der Waals surface area contributed by atoms with Crippen LogP contribution in [-0.2, 0) is 13.0 Å². The van der Waals surface area contributed by atoms with Crippen LogP contribution in [-0.4, -0.2) is 5.90 Å². The minimum absolute atomic E-state index is 0.602. The maximum atomic E-state index is 5.64. The minimum atomic E-state index is 0.602. The highest BCUT2D eigenvalue weighted by molar-refractivity contribution is 5.75. The fourth-order valence-electron chi connectivity index (χ4n) is 1.82. The molecule has 0 atom stereocenters. The van der Waals surface area contributed by atoms with E-state index >= 15 is 0 Å². The lowest BCUT2D eigenvalue weighted by Crippen LogP contribution is -2.12. The summed E-state index contributed by atoms with van der Waals surface area (Å²) in [7, 11) is 0. The Hall–Kier alpha value is -2.29. The van der Waals surface area contributed by atoms with Crippen LogP contribution in [0, 0.1) is 0 Å². The molecule has 0 spiro atoms. The molecule has 0 aliphatic carbocycles. The van der Waals surface area contributed by atoms with Gasteiger partial charge in [-0.1, -0.05) is 49.4 Å². The molecule has 104 valence electrons. The van der Waals surface area contributed by atoms with E-state index < -0.39 is 0 Å². The molecule has 2 aromatic carbocycles. The average Bonchev–Trinajstić information content (AvgIpc) is 2.49. The molecule has 3 nitrogen and oxygen atoms in total. The Labute approximate surface area is 120 Å². The zero-order valence-electron chi connectivity index (χ0n) is 12.0. The van der Waals surface area contributed by atoms with Crippen LogP contribution in [0.5, 0.6) is 5.75 Å². The Kier molecular flexibility index (Phi) is 5.18. The maximum absolute atomic E-state index is 5.64. The van der Waals surface area contributed by atoms with Gasteiger partial charge in [0.1, 0.15) is 5.75 Å². The van der Waals surface area contributed by atoms with Crippen LogP contribution in [0.4, 0.5) is 0 Å². The second kappa shape index (κ2) is 7.34. The Bertz CT molecular complexity index is 547. The first-order valence-electron chi connectivity index (χ1n) is 6.86. The van der Waals surface area contributed by atoms with Gasteiger partial charge in [-0.25, -0.2) is 0 Å². The van der Waals surface area contributed by atoms with Crippen molar-refractivity contribution < 1.29 is 4.74 Å². The van der Waals surface area contributed by atoms with Gasteiger partial charge in [-0.3, -0.25) is 0 Å². The van der Waals surface area contributed by atoms with Crippen molar-refractivity contribution in [2.24, 2.45) is 5.10 Å². The number of aryl methyl sites for hydroxylation is 1. The van der Waals surface area contributed by atoms with Gasteiger partial charge in [-0.15, -0.1) is 5.10 Å². The van der Waals surface area contributed by atoms with E-state index in [9.17, 15) is 0 Å². The Morgan fingerprint density at radius 2 is 1.70 bits per heavy atom. The summed E-state index contributed by atoms with van der Waals surface area (Å²) in [4.78, 5) is 0. The number of hydrazone groups is 1. The van der Waals surface area contributed by atoms with E-state index in [1.165, 1.54) is 11.1 Å². The molecule has 3 heteroatoms. The van der Waals surface area contributed by atoms with Gasteiger partial charge in [0, 0.05) is 6.92 Å². The fourth-order valence-corrected chi connectivity index (χ4v) is 1.82. The predicted octanol–water partition coefficient (Wildman–Crippen LogP) is 3.75. The lowest BCUT2D eigenvalue weighted by molar-refractivity contribution is 0.532. The van der Waals surface area contributed by atoms with E-state index in [-0.39, 0.29) is 0 Å². The van der Waals surface area contributed by atoms with Gasteiger partial charge < -0.3 is 10.2 Å². The molecule has 0 saturated heterocycles. The van der Waals surface area contributed by atoms with Gasteiger partial charge in [-0.2, -0.15) is 0 Å². The van der Waals surface area contributed by atoms with Crippen molar-refractivity contribution in [2.75, 3.05) is 0 Å². The highest BCUT2D eigenvalue weighted by atomic mass is 16.5. The summed E-state index contributed by atoms with van der Waals surface area (Å²) < 4.78 is 5.64. The summed E-state index contributed by atoms with van der Waals surface area (Å²) in [5, 5.41) is 4.20. The first-order valence-corrected chi connectivity index (χ1v) is 6.86. The van der Waals surface area contributed by atoms with Crippen LogP contribution in [0.1, 0.15) is 25.0 Å². The van der Waals surface area contributed by atoms with Crippen LogP contribution in [0.2, 0.25) is 0 Å². The zero-order valence-corrected chi connectivity index (χ0v) is 12.0. The largest absolute Gasteiger partial charge is 0.442 e. The number of nitrogens with zero attached hydrogens (tertiary/aromatic N) is 1. The van der Waals surface area contributed by atoms with E-state index in [0.29, 0.717) is 12.4 Å². The molecule has 0 saturated carbocycles. The number of hydrogen-bond acceptors (Lipinski definition) is 3. The zero-order chi connectivity index (χ0) is 14.2. The van der Waals surface area contributed by atoms with Crippen molar-refractivity contribution in [3.8, 4) is 5.75 Å². The molecule has 0 aliphatic heterocycles. The summed E-state index contributed by atoms with van der Waals surface area (Å²) in [6.07, 6.45) is 1.03. The normalized spacial score (nSPS) is 11.2. The van der Waals surface area contributed by atoms with Gasteiger partial charge in [0.05, 0.1) is 6.54 Å². The third-order valence-electron chi connectivity index (χ3n) is 2.96. The van der Waals surface area contributed by atoms with Gasteiger partial charge >= 0.3 is 0 Å². The smallest absolute Gasteiger partial charge is 0.208 e. The first kappa shape index (κ1) is 14.1. The number of hydrogen-bond donors (Lipinski definition) is 1. The van der Waals surface area contributed by atoms with E-state index in [4.69, 9.17) is 4.74 Å². The second-order valence-corrected chi connectivity index (χ2v) is 4.55. The van der Waals surface area contributed by atoms with Crippen LogP contribution < -0.4 is 10.2 Å². The molecular weight excluding hydrogens is 248 g/mol. The summed E-state index contributed by atoms with van der Waals surface area (Å²) in [6.45, 7) is 4.66. The fraction of sp³-hybridized carbons (Fsp3) is 0.235. The predicted molar refractivity (Wildman–Crippen MR) is 82.8 cm³/mol. The summed E-state index contributed by atoms with van der Waals surface area (Å²) in [6, 6.07) is 18.2. The molecule has 2 aromatic rings. The number of benzene rings is 2. The summed E-state index contributed by atoms with van der Waals surface area (Å²) in [5.74, 6) is 1.41. The molecule has 0 radical (unpaired) electrons.